The molecule has 192 valence electrons. The molecule has 0 saturated heterocycles. The first-order chi connectivity index (χ1) is 16.5. The summed E-state index contributed by atoms with van der Waals surface area (Å²) in [4.78, 5) is 36.2. The summed E-state index contributed by atoms with van der Waals surface area (Å²) in [6, 6.07) is 4.28. The molecule has 1 aromatic rings. The first-order valence-corrected chi connectivity index (χ1v) is 12.5. The molecule has 0 unspecified atom stereocenters. The second-order valence-corrected chi connectivity index (χ2v) is 8.20. The van der Waals surface area contributed by atoms with Crippen LogP contribution in [0.25, 0.3) is 0 Å². The van der Waals surface area contributed by atoms with Crippen LogP contribution in [0, 0.1) is 0 Å². The quantitative estimate of drug-likeness (QED) is 0.109. The van der Waals surface area contributed by atoms with Crippen molar-refractivity contribution in [1.82, 2.24) is 0 Å². The van der Waals surface area contributed by atoms with Gasteiger partial charge in [0.2, 0.25) is 0 Å². The number of benzene rings is 1. The number of unbranched alkanes of at least 4 members (excludes halogenated alkanes) is 10. The number of carbonyl (C=O) groups is 3. The summed E-state index contributed by atoms with van der Waals surface area (Å²) in [7, 11) is 1.23. The van der Waals surface area contributed by atoms with Gasteiger partial charge in [-0.05, 0) is 25.0 Å². The fourth-order valence-electron chi connectivity index (χ4n) is 3.32. The highest BCUT2D eigenvalue weighted by atomic mass is 16.7. The Morgan fingerprint density at radius 3 is 1.91 bits per heavy atom. The number of esters is 1. The van der Waals surface area contributed by atoms with Crippen molar-refractivity contribution in [2.45, 2.75) is 90.9 Å². The Morgan fingerprint density at radius 2 is 1.32 bits per heavy atom. The Kier molecular flexibility index (Phi) is 16.0. The molecule has 0 aromatic heterocycles. The Hall–Kier alpha value is -2.77. The maximum Gasteiger partial charge on any atom is 0.513 e. The zero-order valence-corrected chi connectivity index (χ0v) is 21.0. The molecular formula is C26H41NO7. The number of rotatable bonds is 17. The van der Waals surface area contributed by atoms with Crippen molar-refractivity contribution in [3.63, 3.8) is 0 Å². The molecule has 8 heteroatoms. The van der Waals surface area contributed by atoms with E-state index in [1.807, 2.05) is 0 Å². The van der Waals surface area contributed by atoms with Crippen molar-refractivity contribution in [2.24, 2.45) is 0 Å². The third kappa shape index (κ3) is 13.1. The van der Waals surface area contributed by atoms with E-state index in [1.165, 1.54) is 63.8 Å². The molecule has 0 aliphatic rings. The van der Waals surface area contributed by atoms with Gasteiger partial charge in [-0.2, -0.15) is 0 Å². The van der Waals surface area contributed by atoms with Crippen molar-refractivity contribution in [3.8, 4) is 5.75 Å². The molecule has 0 fully saturated rings. The molecule has 1 rings (SSSR count). The van der Waals surface area contributed by atoms with Crippen LogP contribution in [-0.4, -0.2) is 38.5 Å². The van der Waals surface area contributed by atoms with Crippen molar-refractivity contribution in [3.05, 3.63) is 23.8 Å². The molecule has 0 heterocycles. The SMILES string of the molecule is CCCCCCCCOC(=O)Nc1ccc(C(=O)OC)c(OC(=O)OCCCCCCCC)c1. The lowest BCUT2D eigenvalue weighted by atomic mass is 10.1. The van der Waals surface area contributed by atoms with E-state index in [-0.39, 0.29) is 17.9 Å². The molecule has 1 aromatic carbocycles. The summed E-state index contributed by atoms with van der Waals surface area (Å²) in [5, 5.41) is 2.58. The minimum Gasteiger partial charge on any atom is -0.465 e. The van der Waals surface area contributed by atoms with E-state index in [0.717, 1.165) is 38.5 Å². The maximum atomic E-state index is 12.1. The number of nitrogens with one attached hydrogen (secondary N) is 1. The van der Waals surface area contributed by atoms with E-state index in [9.17, 15) is 14.4 Å². The predicted octanol–water partition coefficient (Wildman–Crippen LogP) is 7.26. The van der Waals surface area contributed by atoms with Crippen LogP contribution in [0.15, 0.2) is 18.2 Å². The molecule has 0 bridgehead atoms. The summed E-state index contributed by atoms with van der Waals surface area (Å²) in [6.45, 7) is 4.89. The average molecular weight is 480 g/mol. The molecule has 34 heavy (non-hydrogen) atoms. The number of hydrogen-bond acceptors (Lipinski definition) is 7. The van der Waals surface area contributed by atoms with Crippen LogP contribution >= 0.6 is 0 Å². The molecule has 0 aliphatic heterocycles. The Balaban J connectivity index is 2.54. The van der Waals surface area contributed by atoms with Gasteiger partial charge in [-0.25, -0.2) is 14.4 Å². The molecular weight excluding hydrogens is 438 g/mol. The smallest absolute Gasteiger partial charge is 0.465 e. The Labute approximate surface area is 203 Å². The van der Waals surface area contributed by atoms with Gasteiger partial charge in [0.25, 0.3) is 0 Å². The van der Waals surface area contributed by atoms with Gasteiger partial charge in [-0.3, -0.25) is 5.32 Å². The molecule has 0 atom stereocenters. The molecule has 0 saturated carbocycles. The molecule has 0 radical (unpaired) electrons. The standard InChI is InChI=1S/C26H41NO7/c1-4-6-8-10-12-14-18-32-25(29)27-21-16-17-22(24(28)31-3)23(20-21)34-26(30)33-19-15-13-11-9-7-5-2/h16-17,20H,4-15,18-19H2,1-3H3,(H,27,29). The maximum absolute atomic E-state index is 12.1. The highest BCUT2D eigenvalue weighted by Crippen LogP contribution is 2.25. The van der Waals surface area contributed by atoms with Gasteiger partial charge in [-0.15, -0.1) is 0 Å². The summed E-state index contributed by atoms with van der Waals surface area (Å²) >= 11 is 0. The van der Waals surface area contributed by atoms with Crippen LogP contribution in [0.4, 0.5) is 15.3 Å². The normalized spacial score (nSPS) is 10.4. The highest BCUT2D eigenvalue weighted by Gasteiger charge is 2.18. The van der Waals surface area contributed by atoms with Crippen LogP contribution in [0.2, 0.25) is 0 Å². The number of carbonyl (C=O) groups excluding carboxylic acids is 3. The van der Waals surface area contributed by atoms with Gasteiger partial charge in [0.15, 0.2) is 5.75 Å². The van der Waals surface area contributed by atoms with Crippen molar-refractivity contribution in [2.75, 3.05) is 25.6 Å². The second kappa shape index (κ2) is 18.6. The predicted molar refractivity (Wildman–Crippen MR) is 131 cm³/mol. The van der Waals surface area contributed by atoms with Crippen LogP contribution < -0.4 is 10.1 Å². The zero-order valence-electron chi connectivity index (χ0n) is 21.0. The fourth-order valence-corrected chi connectivity index (χ4v) is 3.32. The number of ether oxygens (including phenoxy) is 4. The second-order valence-electron chi connectivity index (χ2n) is 8.20. The van der Waals surface area contributed by atoms with E-state index in [2.05, 4.69) is 19.2 Å². The topological polar surface area (TPSA) is 100 Å². The minimum absolute atomic E-state index is 0.0463. The van der Waals surface area contributed by atoms with Crippen LogP contribution in [0.1, 0.15) is 101 Å². The number of methoxy groups -OCH3 is 1. The van der Waals surface area contributed by atoms with Crippen LogP contribution in [-0.2, 0) is 14.2 Å². The van der Waals surface area contributed by atoms with Crippen molar-refractivity contribution >= 4 is 23.9 Å². The van der Waals surface area contributed by atoms with Gasteiger partial charge in [0, 0.05) is 11.8 Å². The van der Waals surface area contributed by atoms with Crippen LogP contribution in [0.5, 0.6) is 5.75 Å². The number of anilines is 1. The lowest BCUT2D eigenvalue weighted by Gasteiger charge is -2.12. The average Bonchev–Trinajstić information content (AvgIpc) is 2.82. The number of hydrogen-bond donors (Lipinski definition) is 1. The van der Waals surface area contributed by atoms with E-state index in [0.29, 0.717) is 12.3 Å². The lowest BCUT2D eigenvalue weighted by Crippen LogP contribution is -2.16. The van der Waals surface area contributed by atoms with Gasteiger partial charge in [0.05, 0.1) is 20.3 Å². The molecule has 0 aliphatic carbocycles. The Morgan fingerprint density at radius 1 is 0.765 bits per heavy atom. The lowest BCUT2D eigenvalue weighted by molar-refractivity contribution is 0.0594. The summed E-state index contributed by atoms with van der Waals surface area (Å²) < 4.78 is 20.3. The summed E-state index contributed by atoms with van der Waals surface area (Å²) in [6.07, 6.45) is 11.4. The summed E-state index contributed by atoms with van der Waals surface area (Å²) in [5.41, 5.74) is 0.365. The zero-order chi connectivity index (χ0) is 25.0. The van der Waals surface area contributed by atoms with E-state index in [1.54, 1.807) is 0 Å². The summed E-state index contributed by atoms with van der Waals surface area (Å²) in [5.74, 6) is -0.732. The van der Waals surface area contributed by atoms with Gasteiger partial charge in [0.1, 0.15) is 5.56 Å². The molecule has 1 amide bonds. The first-order valence-electron chi connectivity index (χ1n) is 12.5. The Bertz CT molecular complexity index is 736. The first kappa shape index (κ1) is 29.3. The van der Waals surface area contributed by atoms with Gasteiger partial charge in [-0.1, -0.05) is 78.1 Å². The van der Waals surface area contributed by atoms with Crippen molar-refractivity contribution < 1.29 is 33.3 Å². The van der Waals surface area contributed by atoms with Gasteiger partial charge < -0.3 is 18.9 Å². The third-order valence-electron chi connectivity index (χ3n) is 5.28. The fraction of sp³-hybridized carbons (Fsp3) is 0.654. The minimum atomic E-state index is -0.915. The number of amides is 1. The van der Waals surface area contributed by atoms with Crippen LogP contribution in [0.3, 0.4) is 0 Å². The van der Waals surface area contributed by atoms with Gasteiger partial charge >= 0.3 is 18.2 Å². The van der Waals surface area contributed by atoms with E-state index < -0.39 is 18.2 Å². The third-order valence-corrected chi connectivity index (χ3v) is 5.28. The van der Waals surface area contributed by atoms with E-state index >= 15 is 0 Å². The molecule has 8 nitrogen and oxygen atoms in total. The highest BCUT2D eigenvalue weighted by molar-refractivity contribution is 5.95. The largest absolute Gasteiger partial charge is 0.513 e. The molecule has 0 spiro atoms. The van der Waals surface area contributed by atoms with Crippen molar-refractivity contribution in [1.29, 1.82) is 0 Å². The molecule has 1 N–H and O–H groups in total. The monoisotopic (exact) mass is 479 g/mol. The van der Waals surface area contributed by atoms with E-state index in [4.69, 9.17) is 18.9 Å².